The zero-order valence-corrected chi connectivity index (χ0v) is 6.42. The summed E-state index contributed by atoms with van der Waals surface area (Å²) in [6.45, 7) is 3.56. The molecule has 0 amide bonds. The Morgan fingerprint density at radius 3 is 2.20 bits per heavy atom. The molecule has 0 bridgehead atoms. The van der Waals surface area contributed by atoms with E-state index in [9.17, 15) is 4.79 Å². The average Bonchev–Trinajstić information content (AvgIpc) is 1.89. The van der Waals surface area contributed by atoms with Crippen LogP contribution in [-0.2, 0) is 4.79 Å². The highest BCUT2D eigenvalue weighted by atomic mass is 16.1. The van der Waals surface area contributed by atoms with Crippen molar-refractivity contribution in [2.75, 3.05) is 0 Å². The summed E-state index contributed by atoms with van der Waals surface area (Å²) in [6.07, 6.45) is 8.95. The molecule has 1 heteroatoms. The lowest BCUT2D eigenvalue weighted by molar-refractivity contribution is -0.121. The van der Waals surface area contributed by atoms with Crippen molar-refractivity contribution in [3.05, 3.63) is 24.3 Å². The molecule has 0 aromatic heterocycles. The SMILES string of the molecule is CC(=O)C1(C)C=CCC=C1. The Kier molecular flexibility index (Phi) is 1.75. The maximum Gasteiger partial charge on any atom is 0.143 e. The maximum absolute atomic E-state index is 11.0. The van der Waals surface area contributed by atoms with E-state index in [0.717, 1.165) is 6.42 Å². The number of Topliss-reactive ketones (excluding diaryl/α,β-unsaturated/α-hetero) is 1. The fraction of sp³-hybridized carbons (Fsp3) is 0.444. The molecule has 0 saturated heterocycles. The molecule has 0 saturated carbocycles. The Balaban J connectivity index is 2.85. The van der Waals surface area contributed by atoms with Crippen LogP contribution in [0, 0.1) is 5.41 Å². The number of ketones is 1. The van der Waals surface area contributed by atoms with E-state index in [1.54, 1.807) is 6.92 Å². The van der Waals surface area contributed by atoms with E-state index in [-0.39, 0.29) is 11.2 Å². The third-order valence-corrected chi connectivity index (χ3v) is 1.96. The number of allylic oxidation sites excluding steroid dienone is 4. The van der Waals surface area contributed by atoms with E-state index in [1.165, 1.54) is 0 Å². The Bertz CT molecular complexity index is 187. The summed E-state index contributed by atoms with van der Waals surface area (Å²) in [6, 6.07) is 0. The first-order valence-electron chi connectivity index (χ1n) is 3.51. The standard InChI is InChI=1S/C9H12O/c1-8(10)9(2)6-4-3-5-7-9/h4-7H,3H2,1-2H3. The molecule has 10 heavy (non-hydrogen) atoms. The van der Waals surface area contributed by atoms with Crippen LogP contribution in [-0.4, -0.2) is 5.78 Å². The Morgan fingerprint density at radius 1 is 1.40 bits per heavy atom. The Hall–Kier alpha value is -0.850. The van der Waals surface area contributed by atoms with Crippen molar-refractivity contribution in [2.45, 2.75) is 20.3 Å². The van der Waals surface area contributed by atoms with Crippen molar-refractivity contribution in [2.24, 2.45) is 5.41 Å². The van der Waals surface area contributed by atoms with E-state index in [0.29, 0.717) is 0 Å². The van der Waals surface area contributed by atoms with Crippen molar-refractivity contribution in [1.29, 1.82) is 0 Å². The summed E-state index contributed by atoms with van der Waals surface area (Å²) in [5, 5.41) is 0. The van der Waals surface area contributed by atoms with Crippen molar-refractivity contribution >= 4 is 5.78 Å². The lowest BCUT2D eigenvalue weighted by atomic mass is 9.83. The molecule has 54 valence electrons. The predicted octanol–water partition coefficient (Wildman–Crippen LogP) is 2.10. The smallest absolute Gasteiger partial charge is 0.143 e. The summed E-state index contributed by atoms with van der Waals surface area (Å²) in [4.78, 5) is 11.0. The first-order valence-corrected chi connectivity index (χ1v) is 3.51. The van der Waals surface area contributed by atoms with Crippen molar-refractivity contribution in [3.63, 3.8) is 0 Å². The van der Waals surface area contributed by atoms with E-state index in [2.05, 4.69) is 0 Å². The van der Waals surface area contributed by atoms with Gasteiger partial charge in [-0.1, -0.05) is 24.3 Å². The van der Waals surface area contributed by atoms with Gasteiger partial charge in [-0.15, -0.1) is 0 Å². The molecule has 1 aliphatic carbocycles. The predicted molar refractivity (Wildman–Crippen MR) is 41.7 cm³/mol. The van der Waals surface area contributed by atoms with Gasteiger partial charge in [0.2, 0.25) is 0 Å². The summed E-state index contributed by atoms with van der Waals surface area (Å²) in [5.41, 5.74) is -0.321. The van der Waals surface area contributed by atoms with Crippen LogP contribution in [0.2, 0.25) is 0 Å². The lowest BCUT2D eigenvalue weighted by Crippen LogP contribution is -2.20. The van der Waals surface area contributed by atoms with Gasteiger partial charge in [-0.2, -0.15) is 0 Å². The van der Waals surface area contributed by atoms with Crippen molar-refractivity contribution in [1.82, 2.24) is 0 Å². The number of carbonyl (C=O) groups excluding carboxylic acids is 1. The van der Waals surface area contributed by atoms with E-state index >= 15 is 0 Å². The Labute approximate surface area is 61.4 Å². The first kappa shape index (κ1) is 7.26. The van der Waals surface area contributed by atoms with Crippen LogP contribution in [0.15, 0.2) is 24.3 Å². The molecule has 0 unspecified atom stereocenters. The number of rotatable bonds is 1. The first-order chi connectivity index (χ1) is 4.65. The molecular formula is C9H12O. The quantitative estimate of drug-likeness (QED) is 0.504. The third kappa shape index (κ3) is 1.18. The van der Waals surface area contributed by atoms with Gasteiger partial charge in [-0.05, 0) is 20.3 Å². The second-order valence-electron chi connectivity index (χ2n) is 2.88. The second kappa shape index (κ2) is 2.41. The topological polar surface area (TPSA) is 17.1 Å². The molecule has 0 spiro atoms. The summed E-state index contributed by atoms with van der Waals surface area (Å²) < 4.78 is 0. The molecule has 0 atom stereocenters. The highest BCUT2D eigenvalue weighted by molar-refractivity contribution is 5.86. The largest absolute Gasteiger partial charge is 0.299 e. The minimum atomic E-state index is -0.321. The third-order valence-electron chi connectivity index (χ3n) is 1.96. The molecular weight excluding hydrogens is 124 g/mol. The maximum atomic E-state index is 11.0. The van der Waals surface area contributed by atoms with E-state index in [4.69, 9.17) is 0 Å². The fourth-order valence-corrected chi connectivity index (χ4v) is 0.995. The van der Waals surface area contributed by atoms with E-state index in [1.807, 2.05) is 31.2 Å². The molecule has 0 aromatic carbocycles. The van der Waals surface area contributed by atoms with Crippen LogP contribution in [0.25, 0.3) is 0 Å². The minimum absolute atomic E-state index is 0.208. The molecule has 0 fully saturated rings. The van der Waals surface area contributed by atoms with Gasteiger partial charge in [-0.25, -0.2) is 0 Å². The normalized spacial score (nSPS) is 21.0. The fourth-order valence-electron chi connectivity index (χ4n) is 0.995. The number of carbonyl (C=O) groups is 1. The molecule has 1 aliphatic rings. The second-order valence-corrected chi connectivity index (χ2v) is 2.88. The molecule has 0 aromatic rings. The molecule has 1 rings (SSSR count). The van der Waals surface area contributed by atoms with E-state index < -0.39 is 0 Å². The summed E-state index contributed by atoms with van der Waals surface area (Å²) in [5.74, 6) is 0.208. The number of hydrogen-bond acceptors (Lipinski definition) is 1. The average molecular weight is 136 g/mol. The van der Waals surface area contributed by atoms with Crippen LogP contribution < -0.4 is 0 Å². The monoisotopic (exact) mass is 136 g/mol. The van der Waals surface area contributed by atoms with Crippen LogP contribution in [0.4, 0.5) is 0 Å². The van der Waals surface area contributed by atoms with Crippen LogP contribution in [0.1, 0.15) is 20.3 Å². The van der Waals surface area contributed by atoms with Crippen molar-refractivity contribution < 1.29 is 4.79 Å². The van der Waals surface area contributed by atoms with Gasteiger partial charge >= 0.3 is 0 Å². The van der Waals surface area contributed by atoms with Crippen molar-refractivity contribution in [3.8, 4) is 0 Å². The van der Waals surface area contributed by atoms with Crippen LogP contribution in [0.3, 0.4) is 0 Å². The highest BCUT2D eigenvalue weighted by Gasteiger charge is 2.23. The molecule has 1 nitrogen and oxygen atoms in total. The van der Waals surface area contributed by atoms with Gasteiger partial charge in [-0.3, -0.25) is 4.79 Å². The molecule has 0 heterocycles. The highest BCUT2D eigenvalue weighted by Crippen LogP contribution is 2.25. The molecule has 0 aliphatic heterocycles. The van der Waals surface area contributed by atoms with Crippen LogP contribution in [0.5, 0.6) is 0 Å². The zero-order chi connectivity index (χ0) is 7.61. The van der Waals surface area contributed by atoms with Gasteiger partial charge in [0.15, 0.2) is 0 Å². The zero-order valence-electron chi connectivity index (χ0n) is 6.42. The van der Waals surface area contributed by atoms with Gasteiger partial charge < -0.3 is 0 Å². The summed E-state index contributed by atoms with van der Waals surface area (Å²) >= 11 is 0. The van der Waals surface area contributed by atoms with Gasteiger partial charge in [0.1, 0.15) is 5.78 Å². The number of hydrogen-bond donors (Lipinski definition) is 0. The molecule has 0 radical (unpaired) electrons. The van der Waals surface area contributed by atoms with Gasteiger partial charge in [0.25, 0.3) is 0 Å². The summed E-state index contributed by atoms with van der Waals surface area (Å²) in [7, 11) is 0. The van der Waals surface area contributed by atoms with Crippen LogP contribution >= 0.6 is 0 Å². The van der Waals surface area contributed by atoms with Gasteiger partial charge in [0.05, 0.1) is 5.41 Å². The minimum Gasteiger partial charge on any atom is -0.299 e. The lowest BCUT2D eigenvalue weighted by Gasteiger charge is -2.19. The molecule has 0 N–H and O–H groups in total. The van der Waals surface area contributed by atoms with Gasteiger partial charge in [0, 0.05) is 0 Å². The Morgan fingerprint density at radius 2 is 1.90 bits per heavy atom.